The highest BCUT2D eigenvalue weighted by atomic mass is 16.1. The summed E-state index contributed by atoms with van der Waals surface area (Å²) in [6.07, 6.45) is 1.79. The van der Waals surface area contributed by atoms with Gasteiger partial charge < -0.3 is 10.3 Å². The number of nitrogens with one attached hydrogen (secondary N) is 2. The number of aromatic amines is 1. The van der Waals surface area contributed by atoms with E-state index in [1.54, 1.807) is 12.1 Å². The summed E-state index contributed by atoms with van der Waals surface area (Å²) >= 11 is 0. The highest BCUT2D eigenvalue weighted by Gasteiger charge is 2.08. The van der Waals surface area contributed by atoms with Crippen molar-refractivity contribution in [2.75, 3.05) is 5.32 Å². The predicted molar refractivity (Wildman–Crippen MR) is 104 cm³/mol. The van der Waals surface area contributed by atoms with E-state index in [1.807, 2.05) is 42.5 Å². The first-order chi connectivity index (χ1) is 12.8. The minimum absolute atomic E-state index is 0.117. The molecule has 1 aromatic heterocycles. The van der Waals surface area contributed by atoms with Crippen LogP contribution in [0.3, 0.4) is 0 Å². The van der Waals surface area contributed by atoms with Gasteiger partial charge in [-0.2, -0.15) is 0 Å². The third kappa shape index (κ3) is 3.64. The zero-order chi connectivity index (χ0) is 17.8. The van der Waals surface area contributed by atoms with Crippen molar-refractivity contribution in [3.63, 3.8) is 0 Å². The normalized spacial score (nSPS) is 10.8. The number of H-pyrrole nitrogens is 1. The molecule has 0 bridgehead atoms. The lowest BCUT2D eigenvalue weighted by Gasteiger charge is -2.04. The van der Waals surface area contributed by atoms with Crippen LogP contribution in [0, 0.1) is 0 Å². The van der Waals surface area contributed by atoms with Crippen molar-refractivity contribution < 1.29 is 4.79 Å². The number of aromatic nitrogens is 2. The molecule has 0 fully saturated rings. The average Bonchev–Trinajstić information content (AvgIpc) is 3.10. The fourth-order valence-corrected chi connectivity index (χ4v) is 2.96. The highest BCUT2D eigenvalue weighted by Crippen LogP contribution is 2.19. The van der Waals surface area contributed by atoms with Gasteiger partial charge in [-0.15, -0.1) is 0 Å². The number of hydrogen-bond donors (Lipinski definition) is 2. The van der Waals surface area contributed by atoms with Crippen molar-refractivity contribution >= 4 is 22.6 Å². The van der Waals surface area contributed by atoms with Crippen molar-refractivity contribution in [3.05, 3.63) is 95.8 Å². The van der Waals surface area contributed by atoms with Crippen LogP contribution in [-0.2, 0) is 12.8 Å². The lowest BCUT2D eigenvalue weighted by Crippen LogP contribution is -2.11. The smallest absolute Gasteiger partial charge is 0.255 e. The van der Waals surface area contributed by atoms with E-state index in [1.165, 1.54) is 5.56 Å². The standard InChI is InChI=1S/C22H19N3O/c26-22(17-9-5-2-6-10-17)23-18-12-13-19-20(15-18)25-21(24-19)14-11-16-7-3-1-4-8-16/h1-10,12-13,15H,11,14H2,(H,23,26)(H,24,25). The Morgan fingerprint density at radius 2 is 1.62 bits per heavy atom. The molecule has 4 rings (SSSR count). The van der Waals surface area contributed by atoms with E-state index >= 15 is 0 Å². The number of carbonyl (C=O) groups is 1. The quantitative estimate of drug-likeness (QED) is 0.557. The van der Waals surface area contributed by atoms with Crippen LogP contribution >= 0.6 is 0 Å². The van der Waals surface area contributed by atoms with E-state index in [0.29, 0.717) is 5.56 Å². The second kappa shape index (κ2) is 7.23. The first kappa shape index (κ1) is 16.1. The van der Waals surface area contributed by atoms with Gasteiger partial charge >= 0.3 is 0 Å². The number of nitrogens with zero attached hydrogens (tertiary/aromatic N) is 1. The molecular weight excluding hydrogens is 322 g/mol. The Bertz CT molecular complexity index is 1020. The number of fused-ring (bicyclic) bond motifs is 1. The number of amides is 1. The molecule has 0 aliphatic rings. The van der Waals surface area contributed by atoms with Crippen molar-refractivity contribution in [2.45, 2.75) is 12.8 Å². The first-order valence-electron chi connectivity index (χ1n) is 8.67. The molecule has 0 saturated heterocycles. The molecule has 0 unspecified atom stereocenters. The second-order valence-corrected chi connectivity index (χ2v) is 6.22. The summed E-state index contributed by atoms with van der Waals surface area (Å²) in [4.78, 5) is 20.3. The van der Waals surface area contributed by atoms with Crippen LogP contribution in [0.1, 0.15) is 21.7 Å². The van der Waals surface area contributed by atoms with Crippen molar-refractivity contribution in [1.82, 2.24) is 9.97 Å². The van der Waals surface area contributed by atoms with Gasteiger partial charge in [0.05, 0.1) is 11.0 Å². The summed E-state index contributed by atoms with van der Waals surface area (Å²) in [7, 11) is 0. The third-order valence-corrected chi connectivity index (χ3v) is 4.32. The lowest BCUT2D eigenvalue weighted by atomic mass is 10.1. The molecule has 3 aromatic carbocycles. The maximum Gasteiger partial charge on any atom is 0.255 e. The molecular formula is C22H19N3O. The number of hydrogen-bond acceptors (Lipinski definition) is 2. The maximum absolute atomic E-state index is 12.3. The Hall–Kier alpha value is -3.40. The summed E-state index contributed by atoms with van der Waals surface area (Å²) in [6, 6.07) is 25.3. The number of benzene rings is 3. The molecule has 0 aliphatic carbocycles. The summed E-state index contributed by atoms with van der Waals surface area (Å²) in [5, 5.41) is 2.93. The van der Waals surface area contributed by atoms with Crippen LogP contribution in [0.15, 0.2) is 78.9 Å². The molecule has 2 N–H and O–H groups in total. The molecule has 0 saturated carbocycles. The number of carbonyl (C=O) groups excluding carboxylic acids is 1. The lowest BCUT2D eigenvalue weighted by molar-refractivity contribution is 0.102. The van der Waals surface area contributed by atoms with Gasteiger partial charge in [0, 0.05) is 17.7 Å². The average molecular weight is 341 g/mol. The minimum atomic E-state index is -0.117. The molecule has 0 atom stereocenters. The molecule has 4 aromatic rings. The summed E-state index contributed by atoms with van der Waals surface area (Å²) < 4.78 is 0. The Kier molecular flexibility index (Phi) is 4.48. The van der Waals surface area contributed by atoms with Crippen molar-refractivity contribution in [3.8, 4) is 0 Å². The largest absolute Gasteiger partial charge is 0.342 e. The van der Waals surface area contributed by atoms with Gasteiger partial charge in [0.1, 0.15) is 5.82 Å². The minimum Gasteiger partial charge on any atom is -0.342 e. The zero-order valence-electron chi connectivity index (χ0n) is 14.3. The van der Waals surface area contributed by atoms with E-state index in [0.717, 1.165) is 35.4 Å². The zero-order valence-corrected chi connectivity index (χ0v) is 14.3. The summed E-state index contributed by atoms with van der Waals surface area (Å²) in [5.74, 6) is 0.837. The SMILES string of the molecule is O=C(Nc1ccc2nc(CCc3ccccc3)[nH]c2c1)c1ccccc1. The molecule has 4 heteroatoms. The monoisotopic (exact) mass is 341 g/mol. The van der Waals surface area contributed by atoms with E-state index in [9.17, 15) is 4.79 Å². The number of rotatable bonds is 5. The predicted octanol–water partition coefficient (Wildman–Crippen LogP) is 4.60. The molecule has 128 valence electrons. The van der Waals surface area contributed by atoms with Crippen LogP contribution in [0.4, 0.5) is 5.69 Å². The van der Waals surface area contributed by atoms with Crippen molar-refractivity contribution in [1.29, 1.82) is 0 Å². The maximum atomic E-state index is 12.3. The summed E-state index contributed by atoms with van der Waals surface area (Å²) in [6.45, 7) is 0. The molecule has 0 aliphatic heterocycles. The van der Waals surface area contributed by atoms with Gasteiger partial charge in [-0.05, 0) is 42.3 Å². The van der Waals surface area contributed by atoms with E-state index in [4.69, 9.17) is 0 Å². The van der Waals surface area contributed by atoms with Gasteiger partial charge in [0.2, 0.25) is 0 Å². The van der Waals surface area contributed by atoms with Gasteiger partial charge in [-0.1, -0.05) is 48.5 Å². The second-order valence-electron chi connectivity index (χ2n) is 6.22. The molecule has 0 radical (unpaired) electrons. The Morgan fingerprint density at radius 1 is 0.885 bits per heavy atom. The van der Waals surface area contributed by atoms with Gasteiger partial charge in [-0.3, -0.25) is 4.79 Å². The van der Waals surface area contributed by atoms with E-state index < -0.39 is 0 Å². The number of aryl methyl sites for hydroxylation is 2. The molecule has 4 nitrogen and oxygen atoms in total. The van der Waals surface area contributed by atoms with Crippen LogP contribution in [-0.4, -0.2) is 15.9 Å². The van der Waals surface area contributed by atoms with Gasteiger partial charge in [-0.25, -0.2) is 4.98 Å². The van der Waals surface area contributed by atoms with Gasteiger partial charge in [0.25, 0.3) is 5.91 Å². The molecule has 1 amide bonds. The fourth-order valence-electron chi connectivity index (χ4n) is 2.96. The van der Waals surface area contributed by atoms with E-state index in [2.05, 4.69) is 39.6 Å². The number of anilines is 1. The van der Waals surface area contributed by atoms with Crippen LogP contribution in [0.2, 0.25) is 0 Å². The molecule has 0 spiro atoms. The molecule has 26 heavy (non-hydrogen) atoms. The van der Waals surface area contributed by atoms with E-state index in [-0.39, 0.29) is 5.91 Å². The number of imidazole rings is 1. The van der Waals surface area contributed by atoms with Crippen LogP contribution in [0.25, 0.3) is 11.0 Å². The highest BCUT2D eigenvalue weighted by molar-refractivity contribution is 6.04. The summed E-state index contributed by atoms with van der Waals surface area (Å²) in [5.41, 5.74) is 4.53. The van der Waals surface area contributed by atoms with Crippen LogP contribution < -0.4 is 5.32 Å². The molecule has 1 heterocycles. The third-order valence-electron chi connectivity index (χ3n) is 4.32. The first-order valence-corrected chi connectivity index (χ1v) is 8.67. The Morgan fingerprint density at radius 3 is 2.38 bits per heavy atom. The fraction of sp³-hybridized carbons (Fsp3) is 0.0909. The van der Waals surface area contributed by atoms with Gasteiger partial charge in [0.15, 0.2) is 0 Å². The Balaban J connectivity index is 1.48. The topological polar surface area (TPSA) is 57.8 Å². The van der Waals surface area contributed by atoms with Crippen molar-refractivity contribution in [2.24, 2.45) is 0 Å². The Labute approximate surface area is 151 Å². The van der Waals surface area contributed by atoms with Crippen LogP contribution in [0.5, 0.6) is 0 Å².